The molecule has 0 bridgehead atoms. The molecule has 5 nitrogen and oxygen atoms in total. The molecule has 1 aliphatic rings. The molecule has 0 aliphatic heterocycles. The molecule has 0 aromatic carbocycles. The molecular formula is C9H17NO4. The van der Waals surface area contributed by atoms with E-state index in [-0.39, 0.29) is 6.04 Å². The van der Waals surface area contributed by atoms with Gasteiger partial charge in [-0.3, -0.25) is 0 Å². The van der Waals surface area contributed by atoms with Crippen molar-refractivity contribution in [3.05, 3.63) is 0 Å². The summed E-state index contributed by atoms with van der Waals surface area (Å²) in [5, 5.41) is 20.9. The summed E-state index contributed by atoms with van der Waals surface area (Å²) in [6.45, 7) is 0.326. The Morgan fingerprint density at radius 1 is 1.57 bits per heavy atom. The van der Waals surface area contributed by atoms with Crippen LogP contribution in [0, 0.1) is 0 Å². The summed E-state index contributed by atoms with van der Waals surface area (Å²) in [5.74, 6) is 0. The van der Waals surface area contributed by atoms with E-state index >= 15 is 0 Å². The second-order valence-corrected chi connectivity index (χ2v) is 3.88. The fourth-order valence-corrected chi connectivity index (χ4v) is 1.89. The monoisotopic (exact) mass is 203 g/mol. The molecule has 0 heterocycles. The third-order valence-corrected chi connectivity index (χ3v) is 2.66. The zero-order valence-electron chi connectivity index (χ0n) is 8.32. The maximum absolute atomic E-state index is 10.4. The lowest BCUT2D eigenvalue weighted by molar-refractivity contribution is -0.0599. The fraction of sp³-hybridized carbons (Fsp3) is 0.889. The standard InChI is InChI=1S/C9H17NO4/c1-14-6-9(13)4-2-7(3-5-9)10-8(11)12/h7,10,13H,2-6H2,1H3,(H,11,12)/t7-,9+. The van der Waals surface area contributed by atoms with Gasteiger partial charge in [0.1, 0.15) is 0 Å². The molecule has 5 heteroatoms. The number of methoxy groups -OCH3 is 1. The maximum atomic E-state index is 10.4. The van der Waals surface area contributed by atoms with Gasteiger partial charge in [-0.25, -0.2) is 4.79 Å². The summed E-state index contributed by atoms with van der Waals surface area (Å²) < 4.78 is 4.91. The molecule has 14 heavy (non-hydrogen) atoms. The van der Waals surface area contributed by atoms with Crippen molar-refractivity contribution in [2.24, 2.45) is 0 Å². The van der Waals surface area contributed by atoms with E-state index in [4.69, 9.17) is 9.84 Å². The quantitative estimate of drug-likeness (QED) is 0.626. The van der Waals surface area contributed by atoms with Gasteiger partial charge in [-0.2, -0.15) is 0 Å². The highest BCUT2D eigenvalue weighted by Crippen LogP contribution is 2.28. The first-order chi connectivity index (χ1) is 6.56. The van der Waals surface area contributed by atoms with Crippen LogP contribution >= 0.6 is 0 Å². The number of ether oxygens (including phenoxy) is 1. The van der Waals surface area contributed by atoms with Gasteiger partial charge < -0.3 is 20.3 Å². The number of nitrogens with one attached hydrogen (secondary N) is 1. The van der Waals surface area contributed by atoms with Crippen molar-refractivity contribution in [3.63, 3.8) is 0 Å². The molecule has 0 aromatic heterocycles. The van der Waals surface area contributed by atoms with Crippen molar-refractivity contribution >= 4 is 6.09 Å². The number of aliphatic hydroxyl groups is 1. The Balaban J connectivity index is 2.33. The minimum atomic E-state index is -0.993. The molecule has 0 saturated heterocycles. The molecule has 0 aromatic rings. The summed E-state index contributed by atoms with van der Waals surface area (Å²) in [6.07, 6.45) is 1.53. The predicted octanol–water partition coefficient (Wildman–Crippen LogP) is 0.574. The zero-order valence-corrected chi connectivity index (χ0v) is 8.32. The highest BCUT2D eigenvalue weighted by atomic mass is 16.5. The minimum absolute atomic E-state index is 0.0235. The second kappa shape index (κ2) is 4.61. The van der Waals surface area contributed by atoms with Crippen LogP contribution in [0.3, 0.4) is 0 Å². The first-order valence-corrected chi connectivity index (χ1v) is 4.76. The molecular weight excluding hydrogens is 186 g/mol. The summed E-state index contributed by atoms with van der Waals surface area (Å²) in [6, 6.07) is -0.0235. The van der Waals surface area contributed by atoms with Crippen molar-refractivity contribution in [1.29, 1.82) is 0 Å². The number of hydrogen-bond donors (Lipinski definition) is 3. The Hall–Kier alpha value is -0.810. The van der Waals surface area contributed by atoms with E-state index in [0.717, 1.165) is 0 Å². The van der Waals surface area contributed by atoms with E-state index in [1.165, 1.54) is 0 Å². The Morgan fingerprint density at radius 2 is 2.14 bits per heavy atom. The van der Waals surface area contributed by atoms with E-state index in [0.29, 0.717) is 32.3 Å². The highest BCUT2D eigenvalue weighted by molar-refractivity contribution is 5.64. The Labute approximate surface area is 83.1 Å². The molecule has 0 atom stereocenters. The van der Waals surface area contributed by atoms with Gasteiger partial charge in [0.2, 0.25) is 0 Å². The zero-order chi connectivity index (χ0) is 10.6. The van der Waals surface area contributed by atoms with E-state index in [1.54, 1.807) is 7.11 Å². The van der Waals surface area contributed by atoms with Gasteiger partial charge in [0, 0.05) is 13.2 Å². The Morgan fingerprint density at radius 3 is 2.57 bits per heavy atom. The second-order valence-electron chi connectivity index (χ2n) is 3.88. The van der Waals surface area contributed by atoms with Gasteiger partial charge in [-0.15, -0.1) is 0 Å². The van der Waals surface area contributed by atoms with Crippen molar-refractivity contribution in [2.75, 3.05) is 13.7 Å². The summed E-state index contributed by atoms with van der Waals surface area (Å²) >= 11 is 0. The lowest BCUT2D eigenvalue weighted by Gasteiger charge is -2.35. The molecule has 3 N–H and O–H groups in total. The SMILES string of the molecule is COC[C@]1(O)CC[C@@H](NC(=O)O)CC1. The van der Waals surface area contributed by atoms with Gasteiger partial charge >= 0.3 is 6.09 Å². The number of carboxylic acid groups (broad SMARTS) is 1. The van der Waals surface area contributed by atoms with E-state index in [2.05, 4.69) is 5.32 Å². The number of rotatable bonds is 3. The molecule has 1 rings (SSSR count). The van der Waals surface area contributed by atoms with E-state index in [9.17, 15) is 9.90 Å². The number of hydrogen-bond acceptors (Lipinski definition) is 3. The van der Waals surface area contributed by atoms with Crippen LogP contribution in [0.25, 0.3) is 0 Å². The van der Waals surface area contributed by atoms with Gasteiger partial charge in [0.25, 0.3) is 0 Å². The van der Waals surface area contributed by atoms with Gasteiger partial charge in [-0.05, 0) is 25.7 Å². The van der Waals surface area contributed by atoms with Crippen LogP contribution < -0.4 is 5.32 Å². The van der Waals surface area contributed by atoms with Gasteiger partial charge in [0.05, 0.1) is 12.2 Å². The molecule has 0 spiro atoms. The van der Waals surface area contributed by atoms with Crippen LogP contribution in [0.2, 0.25) is 0 Å². The van der Waals surface area contributed by atoms with Crippen LogP contribution in [0.5, 0.6) is 0 Å². The molecule has 82 valence electrons. The van der Waals surface area contributed by atoms with Crippen LogP contribution in [0.1, 0.15) is 25.7 Å². The van der Waals surface area contributed by atoms with Gasteiger partial charge in [-0.1, -0.05) is 0 Å². The minimum Gasteiger partial charge on any atom is -0.465 e. The molecule has 0 radical (unpaired) electrons. The summed E-state index contributed by atoms with van der Waals surface area (Å²) in [4.78, 5) is 10.4. The van der Waals surface area contributed by atoms with Crippen LogP contribution in [-0.4, -0.2) is 41.7 Å². The largest absolute Gasteiger partial charge is 0.465 e. The fourth-order valence-electron chi connectivity index (χ4n) is 1.89. The topological polar surface area (TPSA) is 78.8 Å². The normalized spacial score (nSPS) is 32.6. The van der Waals surface area contributed by atoms with Crippen LogP contribution in [0.15, 0.2) is 0 Å². The average Bonchev–Trinajstić information content (AvgIpc) is 2.09. The van der Waals surface area contributed by atoms with Crippen molar-refractivity contribution < 1.29 is 19.7 Å². The first kappa shape index (κ1) is 11.3. The Bertz CT molecular complexity index is 199. The molecule has 1 fully saturated rings. The van der Waals surface area contributed by atoms with Crippen molar-refractivity contribution in [3.8, 4) is 0 Å². The maximum Gasteiger partial charge on any atom is 0.404 e. The van der Waals surface area contributed by atoms with Crippen molar-refractivity contribution in [1.82, 2.24) is 5.32 Å². The van der Waals surface area contributed by atoms with Crippen LogP contribution in [0.4, 0.5) is 4.79 Å². The van der Waals surface area contributed by atoms with Crippen molar-refractivity contribution in [2.45, 2.75) is 37.3 Å². The van der Waals surface area contributed by atoms with Crippen LogP contribution in [-0.2, 0) is 4.74 Å². The molecule has 1 aliphatic carbocycles. The highest BCUT2D eigenvalue weighted by Gasteiger charge is 2.33. The first-order valence-electron chi connectivity index (χ1n) is 4.76. The Kier molecular flexibility index (Phi) is 3.71. The summed E-state index contributed by atoms with van der Waals surface area (Å²) in [5.41, 5.74) is -0.758. The smallest absolute Gasteiger partial charge is 0.404 e. The lowest BCUT2D eigenvalue weighted by atomic mass is 9.83. The molecule has 1 amide bonds. The predicted molar refractivity (Wildman–Crippen MR) is 50.2 cm³/mol. The number of amides is 1. The lowest BCUT2D eigenvalue weighted by Crippen LogP contribution is -2.45. The third kappa shape index (κ3) is 3.16. The third-order valence-electron chi connectivity index (χ3n) is 2.66. The molecule has 1 saturated carbocycles. The van der Waals surface area contributed by atoms with E-state index in [1.807, 2.05) is 0 Å². The number of carbonyl (C=O) groups is 1. The average molecular weight is 203 g/mol. The van der Waals surface area contributed by atoms with E-state index < -0.39 is 11.7 Å². The summed E-state index contributed by atoms with van der Waals surface area (Å²) in [7, 11) is 1.56. The molecule has 0 unspecified atom stereocenters. The van der Waals surface area contributed by atoms with Gasteiger partial charge in [0.15, 0.2) is 0 Å².